The van der Waals surface area contributed by atoms with Crippen molar-refractivity contribution < 1.29 is 14.3 Å². The summed E-state index contributed by atoms with van der Waals surface area (Å²) in [4.78, 5) is 12.2. The van der Waals surface area contributed by atoms with Gasteiger partial charge in [-0.3, -0.25) is 4.79 Å². The number of nitrogens with one attached hydrogen (secondary N) is 3. The van der Waals surface area contributed by atoms with Gasteiger partial charge in [0.15, 0.2) is 0 Å². The Hall–Kier alpha value is -2.87. The molecule has 3 N–H and O–H groups in total. The molecule has 3 aromatic rings. The highest BCUT2D eigenvalue weighted by Crippen LogP contribution is 2.30. The molecule has 2 atom stereocenters. The first-order chi connectivity index (χ1) is 14.7. The summed E-state index contributed by atoms with van der Waals surface area (Å²) in [6.07, 6.45) is 0.596. The average Bonchev–Trinajstić information content (AvgIpc) is 3.37. The van der Waals surface area contributed by atoms with Crippen molar-refractivity contribution in [3.8, 4) is 5.75 Å². The number of nitrogens with zero attached hydrogens (tertiary/aromatic N) is 1. The molecule has 0 bridgehead atoms. The van der Waals surface area contributed by atoms with Crippen LogP contribution < -0.4 is 20.9 Å². The van der Waals surface area contributed by atoms with Crippen molar-refractivity contribution in [2.24, 2.45) is 0 Å². The third-order valence-electron chi connectivity index (χ3n) is 5.40. The Balaban J connectivity index is 1.34. The van der Waals surface area contributed by atoms with Crippen LogP contribution in [0.15, 0.2) is 54.6 Å². The van der Waals surface area contributed by atoms with Crippen LogP contribution in [0.5, 0.6) is 5.75 Å². The molecule has 2 unspecified atom stereocenters. The summed E-state index contributed by atoms with van der Waals surface area (Å²) in [6, 6.07) is 18.2. The zero-order valence-corrected chi connectivity index (χ0v) is 17.4. The van der Waals surface area contributed by atoms with E-state index in [1.54, 1.807) is 7.11 Å². The Morgan fingerprint density at radius 3 is 2.77 bits per heavy atom. The quantitative estimate of drug-likeness (QED) is 0.534. The van der Waals surface area contributed by atoms with Crippen molar-refractivity contribution in [1.82, 2.24) is 20.7 Å². The molecule has 2 aromatic carbocycles. The number of hydrazine groups is 1. The third-order valence-corrected chi connectivity index (χ3v) is 5.40. The van der Waals surface area contributed by atoms with Gasteiger partial charge in [-0.25, -0.2) is 10.9 Å². The van der Waals surface area contributed by atoms with Crippen molar-refractivity contribution in [2.45, 2.75) is 38.7 Å². The number of benzene rings is 2. The largest absolute Gasteiger partial charge is 0.497 e. The van der Waals surface area contributed by atoms with Gasteiger partial charge in [-0.05, 0) is 36.8 Å². The number of amides is 1. The summed E-state index contributed by atoms with van der Waals surface area (Å²) in [5, 5.41) is 4.14. The predicted molar refractivity (Wildman–Crippen MR) is 116 cm³/mol. The molecule has 1 saturated heterocycles. The van der Waals surface area contributed by atoms with Gasteiger partial charge in [-0.2, -0.15) is 0 Å². The maximum absolute atomic E-state index is 12.2. The van der Waals surface area contributed by atoms with E-state index in [0.717, 1.165) is 29.7 Å². The second kappa shape index (κ2) is 9.30. The topological polar surface area (TPSA) is 76.6 Å². The van der Waals surface area contributed by atoms with Gasteiger partial charge in [0.25, 0.3) is 0 Å². The van der Waals surface area contributed by atoms with Crippen LogP contribution in [0.3, 0.4) is 0 Å². The smallest absolute Gasteiger partial charge is 0.247 e. The molecule has 30 heavy (non-hydrogen) atoms. The fourth-order valence-electron chi connectivity index (χ4n) is 3.96. The Morgan fingerprint density at radius 2 is 2.00 bits per heavy atom. The summed E-state index contributed by atoms with van der Waals surface area (Å²) in [5.74, 6) is 0.715. The molecular weight excluding hydrogens is 380 g/mol. The fraction of sp³-hybridized carbons (Fsp3) is 0.348. The lowest BCUT2D eigenvalue weighted by atomic mass is 10.1. The maximum Gasteiger partial charge on any atom is 0.247 e. The Kier molecular flexibility index (Phi) is 6.32. The molecule has 1 fully saturated rings. The van der Waals surface area contributed by atoms with Crippen LogP contribution in [0.25, 0.3) is 10.9 Å². The van der Waals surface area contributed by atoms with Crippen molar-refractivity contribution in [3.05, 3.63) is 65.9 Å². The highest BCUT2D eigenvalue weighted by atomic mass is 16.5. The van der Waals surface area contributed by atoms with Crippen molar-refractivity contribution >= 4 is 16.8 Å². The Morgan fingerprint density at radius 1 is 1.17 bits per heavy atom. The van der Waals surface area contributed by atoms with Crippen LogP contribution in [0, 0.1) is 0 Å². The standard InChI is InChI=1S/C23H28N4O3/c1-3-27-20-10-9-18(29-2)11-17(20)12-21(27)19-13-22(26-25-19)24-23(28)15-30-14-16-7-5-4-6-8-16/h4-12,19,22,25-26H,3,13-15H2,1-2H3,(H,24,28). The Bertz CT molecular complexity index is 1000. The second-order valence-corrected chi connectivity index (χ2v) is 7.41. The number of hydrogen-bond donors (Lipinski definition) is 3. The molecule has 1 aliphatic rings. The van der Waals surface area contributed by atoms with Crippen molar-refractivity contribution in [2.75, 3.05) is 13.7 Å². The summed E-state index contributed by atoms with van der Waals surface area (Å²) in [5.41, 5.74) is 9.92. The van der Waals surface area contributed by atoms with Crippen LogP contribution in [0.2, 0.25) is 0 Å². The van der Waals surface area contributed by atoms with E-state index in [-0.39, 0.29) is 24.7 Å². The van der Waals surface area contributed by atoms with E-state index in [1.165, 1.54) is 11.2 Å². The van der Waals surface area contributed by atoms with E-state index in [4.69, 9.17) is 9.47 Å². The summed E-state index contributed by atoms with van der Waals surface area (Å²) in [7, 11) is 1.68. The summed E-state index contributed by atoms with van der Waals surface area (Å²) in [6.45, 7) is 3.46. The summed E-state index contributed by atoms with van der Waals surface area (Å²) < 4.78 is 13.2. The first-order valence-corrected chi connectivity index (χ1v) is 10.3. The molecule has 0 saturated carbocycles. The highest BCUT2D eigenvalue weighted by molar-refractivity contribution is 5.83. The number of methoxy groups -OCH3 is 1. The second-order valence-electron chi connectivity index (χ2n) is 7.41. The lowest BCUT2D eigenvalue weighted by molar-refractivity contribution is -0.127. The zero-order chi connectivity index (χ0) is 20.9. The molecule has 1 amide bonds. The van der Waals surface area contributed by atoms with Crippen LogP contribution in [0.1, 0.15) is 30.6 Å². The molecule has 158 valence electrons. The highest BCUT2D eigenvalue weighted by Gasteiger charge is 2.28. The minimum atomic E-state index is -0.152. The van der Waals surface area contributed by atoms with E-state index in [9.17, 15) is 4.79 Å². The van der Waals surface area contributed by atoms with Crippen LogP contribution in [-0.4, -0.2) is 30.4 Å². The number of hydrogen-bond acceptors (Lipinski definition) is 5. The summed E-state index contributed by atoms with van der Waals surface area (Å²) >= 11 is 0. The first kappa shape index (κ1) is 20.4. The SMILES string of the molecule is CCn1c(C2CC(NC(=O)COCc3ccccc3)NN2)cc2cc(OC)ccc21. The van der Waals surface area contributed by atoms with Gasteiger partial charge in [-0.15, -0.1) is 0 Å². The number of carbonyl (C=O) groups is 1. The van der Waals surface area contributed by atoms with Crippen molar-refractivity contribution in [1.29, 1.82) is 0 Å². The predicted octanol–water partition coefficient (Wildman–Crippen LogP) is 2.87. The van der Waals surface area contributed by atoms with Gasteiger partial charge in [-0.1, -0.05) is 30.3 Å². The van der Waals surface area contributed by atoms with Crippen LogP contribution >= 0.6 is 0 Å². The van der Waals surface area contributed by atoms with E-state index >= 15 is 0 Å². The molecule has 0 spiro atoms. The molecule has 7 nitrogen and oxygen atoms in total. The molecule has 2 heterocycles. The molecule has 0 aliphatic carbocycles. The number of carbonyl (C=O) groups excluding carboxylic acids is 1. The molecule has 1 aromatic heterocycles. The average molecular weight is 409 g/mol. The van der Waals surface area contributed by atoms with E-state index in [1.807, 2.05) is 36.4 Å². The number of ether oxygens (including phenoxy) is 2. The van der Waals surface area contributed by atoms with Crippen LogP contribution in [0.4, 0.5) is 0 Å². The monoisotopic (exact) mass is 408 g/mol. The lowest BCUT2D eigenvalue weighted by Gasteiger charge is -2.14. The molecule has 0 radical (unpaired) electrons. The molecular formula is C23H28N4O3. The van der Waals surface area contributed by atoms with E-state index in [0.29, 0.717) is 6.61 Å². The van der Waals surface area contributed by atoms with Gasteiger partial charge in [0, 0.05) is 29.6 Å². The molecule has 4 rings (SSSR count). The lowest BCUT2D eigenvalue weighted by Crippen LogP contribution is -2.45. The molecule has 7 heteroatoms. The normalized spacial score (nSPS) is 18.6. The number of fused-ring (bicyclic) bond motifs is 1. The zero-order valence-electron chi connectivity index (χ0n) is 17.4. The first-order valence-electron chi connectivity index (χ1n) is 10.3. The van der Waals surface area contributed by atoms with Gasteiger partial charge in [0.1, 0.15) is 12.4 Å². The van der Waals surface area contributed by atoms with Gasteiger partial charge in [0.2, 0.25) is 5.91 Å². The van der Waals surface area contributed by atoms with Gasteiger partial charge in [0.05, 0.1) is 25.9 Å². The Labute approximate surface area is 176 Å². The number of aromatic nitrogens is 1. The number of aryl methyl sites for hydroxylation is 1. The van der Waals surface area contributed by atoms with Gasteiger partial charge < -0.3 is 19.4 Å². The van der Waals surface area contributed by atoms with Crippen LogP contribution in [-0.2, 0) is 22.7 Å². The van der Waals surface area contributed by atoms with Gasteiger partial charge >= 0.3 is 0 Å². The van der Waals surface area contributed by atoms with E-state index < -0.39 is 0 Å². The van der Waals surface area contributed by atoms with Crippen molar-refractivity contribution in [3.63, 3.8) is 0 Å². The number of rotatable bonds is 8. The third kappa shape index (κ3) is 4.48. The van der Waals surface area contributed by atoms with E-state index in [2.05, 4.69) is 45.9 Å². The maximum atomic E-state index is 12.2. The minimum absolute atomic E-state index is 0.0345. The minimum Gasteiger partial charge on any atom is -0.497 e. The fourth-order valence-corrected chi connectivity index (χ4v) is 3.96. The molecule has 1 aliphatic heterocycles.